The van der Waals surface area contributed by atoms with E-state index in [4.69, 9.17) is 4.74 Å². The third kappa shape index (κ3) is 5.67. The number of likely N-dealkylation sites (tertiary alicyclic amines) is 1. The number of hydrogen-bond acceptors (Lipinski definition) is 5. The summed E-state index contributed by atoms with van der Waals surface area (Å²) in [5.74, 6) is -0.980. The Labute approximate surface area is 174 Å². The number of nitrogens with one attached hydrogen (secondary N) is 1. The van der Waals surface area contributed by atoms with Gasteiger partial charge in [-0.1, -0.05) is 36.4 Å². The van der Waals surface area contributed by atoms with Crippen LogP contribution in [0.4, 0.5) is 0 Å². The number of benzene rings is 1. The number of amides is 2. The maximum atomic E-state index is 13.3. The van der Waals surface area contributed by atoms with E-state index in [1.165, 1.54) is 11.3 Å². The summed E-state index contributed by atoms with van der Waals surface area (Å²) in [5, 5.41) is 4.73. The highest BCUT2D eigenvalue weighted by atomic mass is 32.1. The van der Waals surface area contributed by atoms with Gasteiger partial charge >= 0.3 is 5.97 Å². The van der Waals surface area contributed by atoms with E-state index >= 15 is 0 Å². The predicted molar refractivity (Wildman–Crippen MR) is 112 cm³/mol. The molecule has 2 heterocycles. The van der Waals surface area contributed by atoms with E-state index in [2.05, 4.69) is 5.32 Å². The van der Waals surface area contributed by atoms with Crippen LogP contribution in [0.25, 0.3) is 0 Å². The van der Waals surface area contributed by atoms with Gasteiger partial charge in [-0.2, -0.15) is 0 Å². The molecule has 1 fully saturated rings. The molecule has 29 heavy (non-hydrogen) atoms. The summed E-state index contributed by atoms with van der Waals surface area (Å²) in [5.41, 5.74) is 0.969. The van der Waals surface area contributed by atoms with E-state index in [9.17, 15) is 14.4 Å². The monoisotopic (exact) mass is 414 g/mol. The molecule has 1 aliphatic rings. The molecule has 154 valence electrons. The molecule has 0 radical (unpaired) electrons. The maximum Gasteiger partial charge on any atom is 0.310 e. The standard InChI is InChI=1S/C22H26N2O4S/c1-2-28-22(27)17-10-6-12-24(15-17)21(26)18(14-16-8-4-3-5-9-16)23-20(25)19-11-7-13-29-19/h3-5,7-9,11,13,17-18H,2,6,10,12,14-15H2,1H3,(H,23,25). The van der Waals surface area contributed by atoms with Crippen LogP contribution in [0.5, 0.6) is 0 Å². The van der Waals surface area contributed by atoms with Crippen molar-refractivity contribution in [2.24, 2.45) is 5.92 Å². The van der Waals surface area contributed by atoms with Gasteiger partial charge < -0.3 is 15.0 Å². The molecule has 2 amide bonds. The Kier molecular flexibility index (Phi) is 7.41. The lowest BCUT2D eigenvalue weighted by atomic mass is 9.96. The minimum atomic E-state index is -0.687. The molecule has 3 rings (SSSR count). The minimum absolute atomic E-state index is 0.159. The van der Waals surface area contributed by atoms with Crippen molar-refractivity contribution in [3.8, 4) is 0 Å². The normalized spacial score (nSPS) is 17.4. The van der Waals surface area contributed by atoms with Crippen LogP contribution < -0.4 is 5.32 Å². The van der Waals surface area contributed by atoms with Crippen LogP contribution in [0.1, 0.15) is 35.0 Å². The first-order chi connectivity index (χ1) is 14.1. The minimum Gasteiger partial charge on any atom is -0.466 e. The fraction of sp³-hybridized carbons (Fsp3) is 0.409. The van der Waals surface area contributed by atoms with Crippen molar-refractivity contribution < 1.29 is 19.1 Å². The third-order valence-corrected chi connectivity index (χ3v) is 5.85. The summed E-state index contributed by atoms with van der Waals surface area (Å²) >= 11 is 1.34. The maximum absolute atomic E-state index is 13.3. The van der Waals surface area contributed by atoms with Crippen molar-refractivity contribution in [1.82, 2.24) is 10.2 Å². The molecule has 6 nitrogen and oxygen atoms in total. The second-order valence-corrected chi connectivity index (χ2v) is 8.02. The summed E-state index contributed by atoms with van der Waals surface area (Å²) in [6, 6.07) is 12.5. The Morgan fingerprint density at radius 2 is 2.00 bits per heavy atom. The molecule has 1 saturated heterocycles. The highest BCUT2D eigenvalue weighted by Gasteiger charge is 2.33. The van der Waals surface area contributed by atoms with Gasteiger partial charge in [0, 0.05) is 19.5 Å². The Hall–Kier alpha value is -2.67. The van der Waals surface area contributed by atoms with E-state index in [1.807, 2.05) is 41.8 Å². The van der Waals surface area contributed by atoms with Crippen LogP contribution in [0.3, 0.4) is 0 Å². The lowest BCUT2D eigenvalue weighted by Crippen LogP contribution is -2.53. The zero-order valence-electron chi connectivity index (χ0n) is 16.5. The van der Waals surface area contributed by atoms with Gasteiger partial charge in [0.15, 0.2) is 0 Å². The average molecular weight is 415 g/mol. The zero-order chi connectivity index (χ0) is 20.6. The van der Waals surface area contributed by atoms with Crippen LogP contribution in [0, 0.1) is 5.92 Å². The molecule has 1 aliphatic heterocycles. The van der Waals surface area contributed by atoms with Crippen molar-refractivity contribution in [2.75, 3.05) is 19.7 Å². The first-order valence-electron chi connectivity index (χ1n) is 9.92. The van der Waals surface area contributed by atoms with Gasteiger partial charge in [0.1, 0.15) is 6.04 Å². The number of thiophene rings is 1. The lowest BCUT2D eigenvalue weighted by Gasteiger charge is -2.34. The van der Waals surface area contributed by atoms with E-state index in [-0.39, 0.29) is 23.7 Å². The number of nitrogens with zero attached hydrogens (tertiary/aromatic N) is 1. The van der Waals surface area contributed by atoms with Crippen molar-refractivity contribution in [3.05, 3.63) is 58.3 Å². The molecular weight excluding hydrogens is 388 g/mol. The number of esters is 1. The van der Waals surface area contributed by atoms with Gasteiger partial charge in [0.05, 0.1) is 17.4 Å². The van der Waals surface area contributed by atoms with E-state index < -0.39 is 6.04 Å². The predicted octanol–water partition coefficient (Wildman–Crippen LogP) is 2.89. The van der Waals surface area contributed by atoms with Gasteiger partial charge in [-0.3, -0.25) is 14.4 Å². The van der Waals surface area contributed by atoms with E-state index in [0.29, 0.717) is 37.4 Å². The van der Waals surface area contributed by atoms with Crippen LogP contribution in [-0.4, -0.2) is 48.4 Å². The summed E-state index contributed by atoms with van der Waals surface area (Å²) in [6.07, 6.45) is 1.86. The first kappa shape index (κ1) is 21.0. The summed E-state index contributed by atoms with van der Waals surface area (Å²) in [6.45, 7) is 3.02. The Bertz CT molecular complexity index is 823. The largest absolute Gasteiger partial charge is 0.466 e. The molecule has 0 spiro atoms. The smallest absolute Gasteiger partial charge is 0.310 e. The highest BCUT2D eigenvalue weighted by molar-refractivity contribution is 7.12. The van der Waals surface area contributed by atoms with Crippen molar-refractivity contribution in [3.63, 3.8) is 0 Å². The fourth-order valence-electron chi connectivity index (χ4n) is 3.54. The molecular formula is C22H26N2O4S. The Balaban J connectivity index is 1.74. The van der Waals surface area contributed by atoms with E-state index in [1.54, 1.807) is 17.9 Å². The van der Waals surface area contributed by atoms with Crippen LogP contribution >= 0.6 is 11.3 Å². The number of carbonyl (C=O) groups is 3. The molecule has 0 bridgehead atoms. The number of piperidine rings is 1. The average Bonchev–Trinajstić information content (AvgIpc) is 3.29. The molecule has 1 aromatic carbocycles. The number of rotatable bonds is 7. The van der Waals surface area contributed by atoms with E-state index in [0.717, 1.165) is 12.0 Å². The summed E-state index contributed by atoms with van der Waals surface area (Å²) < 4.78 is 5.13. The summed E-state index contributed by atoms with van der Waals surface area (Å²) in [4.78, 5) is 40.3. The van der Waals surface area contributed by atoms with Crippen LogP contribution in [-0.2, 0) is 20.7 Å². The molecule has 7 heteroatoms. The van der Waals surface area contributed by atoms with Crippen LogP contribution in [0.15, 0.2) is 47.8 Å². The molecule has 2 unspecified atom stereocenters. The summed E-state index contributed by atoms with van der Waals surface area (Å²) in [7, 11) is 0. The van der Waals surface area contributed by atoms with Crippen LogP contribution in [0.2, 0.25) is 0 Å². The van der Waals surface area contributed by atoms with Gasteiger partial charge in [0.2, 0.25) is 5.91 Å². The van der Waals surface area contributed by atoms with Crippen molar-refractivity contribution in [1.29, 1.82) is 0 Å². The zero-order valence-corrected chi connectivity index (χ0v) is 17.3. The highest BCUT2D eigenvalue weighted by Crippen LogP contribution is 2.20. The van der Waals surface area contributed by atoms with Gasteiger partial charge in [0.25, 0.3) is 5.91 Å². The molecule has 2 aromatic rings. The third-order valence-electron chi connectivity index (χ3n) is 4.98. The lowest BCUT2D eigenvalue weighted by molar-refractivity contribution is -0.151. The number of ether oxygens (including phenoxy) is 1. The molecule has 0 saturated carbocycles. The molecule has 1 aromatic heterocycles. The van der Waals surface area contributed by atoms with Gasteiger partial charge in [-0.15, -0.1) is 11.3 Å². The quantitative estimate of drug-likeness (QED) is 0.707. The first-order valence-corrected chi connectivity index (χ1v) is 10.8. The van der Waals surface area contributed by atoms with Crippen molar-refractivity contribution in [2.45, 2.75) is 32.2 Å². The second-order valence-electron chi connectivity index (χ2n) is 7.07. The Morgan fingerprint density at radius 1 is 1.21 bits per heavy atom. The fourth-order valence-corrected chi connectivity index (χ4v) is 4.16. The molecule has 2 atom stereocenters. The number of hydrogen-bond donors (Lipinski definition) is 1. The molecule has 1 N–H and O–H groups in total. The second kappa shape index (κ2) is 10.2. The molecule has 0 aliphatic carbocycles. The van der Waals surface area contributed by atoms with Gasteiger partial charge in [-0.05, 0) is 36.8 Å². The Morgan fingerprint density at radius 3 is 2.69 bits per heavy atom. The van der Waals surface area contributed by atoms with Crippen molar-refractivity contribution >= 4 is 29.1 Å². The SMILES string of the molecule is CCOC(=O)C1CCCN(C(=O)C(Cc2ccccc2)NC(=O)c2cccs2)C1. The number of carbonyl (C=O) groups excluding carboxylic acids is 3. The topological polar surface area (TPSA) is 75.7 Å². The van der Waals surface area contributed by atoms with Gasteiger partial charge in [-0.25, -0.2) is 0 Å².